The number of hydrogen-bond acceptors (Lipinski definition) is 6. The molecule has 0 aliphatic carbocycles. The molecule has 4 heterocycles. The van der Waals surface area contributed by atoms with E-state index < -0.39 is 12.1 Å². The monoisotopic (exact) mass is 470 g/mol. The highest BCUT2D eigenvalue weighted by atomic mass is 32.1. The van der Waals surface area contributed by atoms with Gasteiger partial charge in [-0.2, -0.15) is 24.5 Å². The summed E-state index contributed by atoms with van der Waals surface area (Å²) >= 11 is 1.77. The average Bonchev–Trinajstić information content (AvgIpc) is 3.29. The molecule has 2 aliphatic heterocycles. The molecule has 11 heteroatoms. The molecular weight excluding hydrogens is 445 g/mol. The highest BCUT2D eigenvalue weighted by molar-refractivity contribution is 7.07. The Bertz CT molecular complexity index is 885. The second-order valence-corrected chi connectivity index (χ2v) is 8.91. The number of alkyl halides is 3. The van der Waals surface area contributed by atoms with Crippen LogP contribution in [-0.2, 0) is 11.3 Å². The number of likely N-dealkylation sites (tertiary alicyclic amines) is 2. The van der Waals surface area contributed by atoms with Gasteiger partial charge in [-0.05, 0) is 66.6 Å². The number of carbonyl (C=O) groups excluding carboxylic acids is 1. The summed E-state index contributed by atoms with van der Waals surface area (Å²) in [6.45, 7) is 5.03. The number of halogens is 3. The number of aliphatic carboxylic acids is 1. The largest absolute Gasteiger partial charge is 0.490 e. The van der Waals surface area contributed by atoms with Gasteiger partial charge in [0, 0.05) is 32.0 Å². The summed E-state index contributed by atoms with van der Waals surface area (Å²) in [7, 11) is 0. The lowest BCUT2D eigenvalue weighted by Crippen LogP contribution is -2.51. The van der Waals surface area contributed by atoms with Gasteiger partial charge < -0.3 is 10.0 Å². The van der Waals surface area contributed by atoms with Crippen molar-refractivity contribution in [3.63, 3.8) is 0 Å². The summed E-state index contributed by atoms with van der Waals surface area (Å²) in [4.78, 5) is 34.4. The molecule has 0 bridgehead atoms. The van der Waals surface area contributed by atoms with Crippen molar-refractivity contribution in [3.05, 3.63) is 46.7 Å². The number of nitrogens with zero attached hydrogens (tertiary/aromatic N) is 4. The van der Waals surface area contributed by atoms with Crippen molar-refractivity contribution in [3.8, 4) is 0 Å². The summed E-state index contributed by atoms with van der Waals surface area (Å²) < 4.78 is 31.7. The van der Waals surface area contributed by atoms with Gasteiger partial charge in [0.2, 0.25) is 0 Å². The molecule has 0 aromatic carbocycles. The lowest BCUT2D eigenvalue weighted by molar-refractivity contribution is -0.192. The summed E-state index contributed by atoms with van der Waals surface area (Å²) in [6.07, 6.45) is 4.39. The topological polar surface area (TPSA) is 86.6 Å². The van der Waals surface area contributed by atoms with Crippen LogP contribution in [0.2, 0.25) is 0 Å². The summed E-state index contributed by atoms with van der Waals surface area (Å²) in [5, 5.41) is 11.5. The molecule has 2 aromatic heterocycles. The van der Waals surface area contributed by atoms with Crippen LogP contribution in [-0.4, -0.2) is 69.1 Å². The van der Waals surface area contributed by atoms with Crippen molar-refractivity contribution >= 4 is 23.2 Å². The van der Waals surface area contributed by atoms with Gasteiger partial charge in [-0.15, -0.1) is 0 Å². The third-order valence-electron chi connectivity index (χ3n) is 5.88. The third-order valence-corrected chi connectivity index (χ3v) is 6.61. The predicted octanol–water partition coefficient (Wildman–Crippen LogP) is 3.69. The van der Waals surface area contributed by atoms with Crippen LogP contribution in [0.1, 0.15) is 41.7 Å². The van der Waals surface area contributed by atoms with Gasteiger partial charge in [0.05, 0.1) is 6.20 Å². The molecule has 1 amide bonds. The molecule has 174 valence electrons. The minimum absolute atomic E-state index is 0.0351. The molecule has 7 nitrogen and oxygen atoms in total. The molecule has 1 N–H and O–H groups in total. The number of hydrogen-bond donors (Lipinski definition) is 1. The standard InChI is InChI=1S/C19H24N4OS.C2HF3O2/c24-18(17-12-20-6-7-21-17)23-8-1-3-19(15-23)4-9-22(10-5-19)13-16-2-11-25-14-16;3-2(4,5)1(6)7/h2,6-7,11-12,14H,1,3-5,8-10,13,15H2;(H,6,7). The van der Waals surface area contributed by atoms with Crippen LogP contribution in [0.25, 0.3) is 0 Å². The van der Waals surface area contributed by atoms with Gasteiger partial charge in [-0.25, -0.2) is 9.78 Å². The van der Waals surface area contributed by atoms with Crippen LogP contribution in [0, 0.1) is 5.41 Å². The molecule has 2 saturated heterocycles. The van der Waals surface area contributed by atoms with Crippen LogP contribution in [0.3, 0.4) is 0 Å². The number of carboxylic acid groups (broad SMARTS) is 1. The Morgan fingerprint density at radius 3 is 2.44 bits per heavy atom. The third kappa shape index (κ3) is 6.49. The molecule has 0 radical (unpaired) electrons. The van der Waals surface area contributed by atoms with Gasteiger partial charge in [-0.3, -0.25) is 14.7 Å². The van der Waals surface area contributed by atoms with E-state index in [1.807, 2.05) is 4.90 Å². The van der Waals surface area contributed by atoms with E-state index in [-0.39, 0.29) is 5.91 Å². The second kappa shape index (κ2) is 10.4. The van der Waals surface area contributed by atoms with Crippen molar-refractivity contribution in [1.82, 2.24) is 19.8 Å². The Balaban J connectivity index is 0.000000360. The highest BCUT2D eigenvalue weighted by Gasteiger charge is 2.40. The number of thiophene rings is 1. The smallest absolute Gasteiger partial charge is 0.475 e. The summed E-state index contributed by atoms with van der Waals surface area (Å²) in [6, 6.07) is 2.22. The van der Waals surface area contributed by atoms with E-state index in [1.54, 1.807) is 29.9 Å². The van der Waals surface area contributed by atoms with Gasteiger partial charge in [0.1, 0.15) is 5.69 Å². The molecule has 2 fully saturated rings. The Morgan fingerprint density at radius 1 is 1.16 bits per heavy atom. The van der Waals surface area contributed by atoms with E-state index in [0.717, 1.165) is 39.1 Å². The number of amides is 1. The fourth-order valence-corrected chi connectivity index (χ4v) is 4.85. The summed E-state index contributed by atoms with van der Waals surface area (Å²) in [5.41, 5.74) is 2.18. The zero-order chi connectivity index (χ0) is 23.2. The van der Waals surface area contributed by atoms with Crippen LogP contribution < -0.4 is 0 Å². The van der Waals surface area contributed by atoms with Crippen molar-refractivity contribution in [2.24, 2.45) is 5.41 Å². The van der Waals surface area contributed by atoms with Gasteiger partial charge in [-0.1, -0.05) is 0 Å². The normalized spacial score (nSPS) is 18.7. The minimum Gasteiger partial charge on any atom is -0.475 e. The first-order valence-electron chi connectivity index (χ1n) is 10.3. The molecule has 1 spiro atoms. The fourth-order valence-electron chi connectivity index (χ4n) is 4.19. The van der Waals surface area contributed by atoms with E-state index in [4.69, 9.17) is 9.90 Å². The molecule has 0 atom stereocenters. The first-order chi connectivity index (χ1) is 15.2. The van der Waals surface area contributed by atoms with Gasteiger partial charge in [0.15, 0.2) is 0 Å². The van der Waals surface area contributed by atoms with E-state index in [1.165, 1.54) is 24.8 Å². The maximum Gasteiger partial charge on any atom is 0.490 e. The first kappa shape index (κ1) is 24.1. The fraction of sp³-hybridized carbons (Fsp3) is 0.524. The van der Waals surface area contributed by atoms with Gasteiger partial charge >= 0.3 is 12.1 Å². The highest BCUT2D eigenvalue weighted by Crippen LogP contribution is 2.40. The number of rotatable bonds is 3. The van der Waals surface area contributed by atoms with Crippen LogP contribution in [0.4, 0.5) is 13.2 Å². The average molecular weight is 471 g/mol. The summed E-state index contributed by atoms with van der Waals surface area (Å²) in [5.74, 6) is -2.72. The van der Waals surface area contributed by atoms with E-state index in [2.05, 4.69) is 31.7 Å². The van der Waals surface area contributed by atoms with Crippen molar-refractivity contribution < 1.29 is 27.9 Å². The van der Waals surface area contributed by atoms with Crippen molar-refractivity contribution in [2.75, 3.05) is 26.2 Å². The molecule has 0 saturated carbocycles. The van der Waals surface area contributed by atoms with Crippen LogP contribution >= 0.6 is 11.3 Å². The molecule has 2 aromatic rings. The van der Waals surface area contributed by atoms with Crippen molar-refractivity contribution in [1.29, 1.82) is 0 Å². The lowest BCUT2D eigenvalue weighted by atomic mass is 9.72. The number of carboxylic acids is 1. The molecule has 2 aliphatic rings. The maximum absolute atomic E-state index is 12.7. The molecule has 0 unspecified atom stereocenters. The minimum atomic E-state index is -5.08. The zero-order valence-electron chi connectivity index (χ0n) is 17.4. The quantitative estimate of drug-likeness (QED) is 0.736. The number of aromatic nitrogens is 2. The van der Waals surface area contributed by atoms with E-state index in [9.17, 15) is 18.0 Å². The number of piperidine rings is 2. The Labute approximate surface area is 187 Å². The molecule has 32 heavy (non-hydrogen) atoms. The van der Waals surface area contributed by atoms with Crippen LogP contribution in [0.5, 0.6) is 0 Å². The first-order valence-corrected chi connectivity index (χ1v) is 11.2. The van der Waals surface area contributed by atoms with Crippen LogP contribution in [0.15, 0.2) is 35.4 Å². The molecule has 4 rings (SSSR count). The Morgan fingerprint density at radius 2 is 1.88 bits per heavy atom. The maximum atomic E-state index is 12.7. The predicted molar refractivity (Wildman–Crippen MR) is 112 cm³/mol. The SMILES string of the molecule is O=C(O)C(F)(F)F.O=C(c1cnccn1)N1CCCC2(CCN(Cc3ccsc3)CC2)C1. The zero-order valence-corrected chi connectivity index (χ0v) is 18.2. The molecular formula is C21H25F3N4O3S. The number of carbonyl (C=O) groups is 2. The van der Waals surface area contributed by atoms with E-state index in [0.29, 0.717) is 11.1 Å². The van der Waals surface area contributed by atoms with E-state index >= 15 is 0 Å². The Kier molecular flexibility index (Phi) is 7.83. The lowest BCUT2D eigenvalue weighted by Gasteiger charge is -2.47. The van der Waals surface area contributed by atoms with Gasteiger partial charge in [0.25, 0.3) is 5.91 Å². The van der Waals surface area contributed by atoms with Crippen molar-refractivity contribution in [2.45, 2.75) is 38.4 Å². The Hall–Kier alpha value is -2.53. The second-order valence-electron chi connectivity index (χ2n) is 8.13.